The van der Waals surface area contributed by atoms with Crippen molar-refractivity contribution in [2.75, 3.05) is 6.54 Å². The van der Waals surface area contributed by atoms with E-state index in [1.54, 1.807) is 20.8 Å². The minimum Gasteiger partial charge on any atom is -0.478 e. The summed E-state index contributed by atoms with van der Waals surface area (Å²) in [5, 5.41) is 17.7. The molecule has 1 aromatic rings. The van der Waals surface area contributed by atoms with Crippen molar-refractivity contribution < 1.29 is 53.1 Å². The van der Waals surface area contributed by atoms with Gasteiger partial charge in [0.15, 0.2) is 17.3 Å². The minimum atomic E-state index is -1.45. The third-order valence-corrected chi connectivity index (χ3v) is 13.1. The van der Waals surface area contributed by atoms with Crippen molar-refractivity contribution in [2.24, 2.45) is 34.8 Å². The lowest BCUT2D eigenvalue weighted by Gasteiger charge is -2.36. The van der Waals surface area contributed by atoms with Crippen LogP contribution in [0.2, 0.25) is 0 Å². The molecule has 5 amide bonds. The average molecular weight is 863 g/mol. The van der Waals surface area contributed by atoms with Crippen LogP contribution < -0.4 is 21.7 Å². The van der Waals surface area contributed by atoms with E-state index in [1.807, 2.05) is 0 Å². The van der Waals surface area contributed by atoms with Crippen LogP contribution in [0.3, 0.4) is 0 Å². The van der Waals surface area contributed by atoms with Crippen LogP contribution in [0, 0.1) is 29.1 Å². The highest BCUT2D eigenvalue weighted by atomic mass is 16.4. The lowest BCUT2D eigenvalue weighted by atomic mass is 9.75. The number of likely N-dealkylation sites (tertiary alicyclic amines) is 1. The van der Waals surface area contributed by atoms with E-state index in [-0.39, 0.29) is 48.5 Å². The molecular weight excluding hydrogens is 801 g/mol. The van der Waals surface area contributed by atoms with Gasteiger partial charge in [0, 0.05) is 56.0 Å². The van der Waals surface area contributed by atoms with Crippen molar-refractivity contribution in [2.45, 2.75) is 154 Å². The number of nitrogens with zero attached hydrogens (tertiary/aromatic N) is 2. The predicted octanol–water partition coefficient (Wildman–Crippen LogP) is 3.00. The van der Waals surface area contributed by atoms with Gasteiger partial charge in [0.2, 0.25) is 23.5 Å². The van der Waals surface area contributed by atoms with E-state index >= 15 is 0 Å². The molecule has 0 bridgehead atoms. The van der Waals surface area contributed by atoms with Crippen molar-refractivity contribution in [3.8, 4) is 0 Å². The molecular formula is C45H62N6O11. The van der Waals surface area contributed by atoms with Crippen molar-refractivity contribution in [3.05, 3.63) is 29.6 Å². The Labute approximate surface area is 361 Å². The van der Waals surface area contributed by atoms with Crippen LogP contribution in [0.1, 0.15) is 151 Å². The molecule has 4 aliphatic rings. The van der Waals surface area contributed by atoms with Gasteiger partial charge in [0.1, 0.15) is 6.04 Å². The van der Waals surface area contributed by atoms with E-state index in [9.17, 15) is 53.1 Å². The number of rotatable bonds is 20. The van der Waals surface area contributed by atoms with Crippen LogP contribution in [0.5, 0.6) is 0 Å². The fourth-order valence-corrected chi connectivity index (χ4v) is 9.22. The quantitative estimate of drug-likeness (QED) is 0.119. The topological polar surface area (TPSA) is 269 Å². The van der Waals surface area contributed by atoms with Gasteiger partial charge in [-0.1, -0.05) is 59.3 Å². The lowest BCUT2D eigenvalue weighted by Crippen LogP contribution is -2.53. The fourth-order valence-electron chi connectivity index (χ4n) is 9.22. The first-order chi connectivity index (χ1) is 29.3. The number of primary amides is 1. The first-order valence-electron chi connectivity index (χ1n) is 22.1. The summed E-state index contributed by atoms with van der Waals surface area (Å²) in [6, 6.07) is -2.48. The molecule has 4 fully saturated rings. The Hall–Kier alpha value is -5.35. The summed E-state index contributed by atoms with van der Waals surface area (Å²) in [6.07, 6.45) is 10.3. The molecule has 0 unspecified atom stereocenters. The van der Waals surface area contributed by atoms with Crippen molar-refractivity contribution in [3.63, 3.8) is 0 Å². The molecule has 0 aromatic carbocycles. The third kappa shape index (κ3) is 12.6. The Bertz CT molecular complexity index is 1910. The molecule has 17 heteroatoms. The Kier molecular flexibility index (Phi) is 16.3. The van der Waals surface area contributed by atoms with Gasteiger partial charge >= 0.3 is 5.97 Å². The first-order valence-corrected chi connectivity index (χ1v) is 22.1. The van der Waals surface area contributed by atoms with Gasteiger partial charge in [-0.05, 0) is 68.3 Å². The molecule has 1 aliphatic heterocycles. The Balaban J connectivity index is 1.36. The molecule has 338 valence electrons. The Morgan fingerprint density at radius 1 is 0.855 bits per heavy atom. The van der Waals surface area contributed by atoms with Crippen LogP contribution in [-0.2, 0) is 38.4 Å². The van der Waals surface area contributed by atoms with Crippen molar-refractivity contribution in [1.82, 2.24) is 25.8 Å². The zero-order valence-electron chi connectivity index (χ0n) is 36.1. The molecule has 2 heterocycles. The summed E-state index contributed by atoms with van der Waals surface area (Å²) in [5.74, 6) is -9.57. The molecule has 6 N–H and O–H groups in total. The lowest BCUT2D eigenvalue weighted by molar-refractivity contribution is -0.147. The highest BCUT2D eigenvalue weighted by Crippen LogP contribution is 2.37. The molecule has 5 atom stereocenters. The summed E-state index contributed by atoms with van der Waals surface area (Å²) in [6.45, 7) is 4.72. The standard InChI is InChI=1S/C45H62N6O11/c1-45(2,3)32(22-36(54)33(16-17-35(53)42(59)48-27-14-15-27)49-40(57)29-18-19-47-23-31(29)44(61)62)43(60)51-24-28(52)20-34(51)37(55)21-30(25-10-6-4-7-11-25)41(58)50-38(39(46)56)26-12-8-5-9-13-26/h18-19,23,25-27,30,32-34,38H,4-17,20-22,24H2,1-3H3,(H2,46,56)(H,48,59)(H,49,57)(H,50,58)(H,61,62)/t30-,32+,33-,34-,38-/m0/s1. The van der Waals surface area contributed by atoms with E-state index in [0.717, 1.165) is 76.5 Å². The number of nitrogens with one attached hydrogen (secondary N) is 3. The zero-order chi connectivity index (χ0) is 45.3. The van der Waals surface area contributed by atoms with Crippen LogP contribution >= 0.6 is 0 Å². The highest BCUT2D eigenvalue weighted by molar-refractivity contribution is 6.36. The molecule has 3 aliphatic carbocycles. The number of aromatic nitrogens is 1. The zero-order valence-corrected chi connectivity index (χ0v) is 36.1. The van der Waals surface area contributed by atoms with Gasteiger partial charge in [-0.25, -0.2) is 4.79 Å². The second kappa shape index (κ2) is 21.1. The normalized spacial score (nSPS) is 20.6. The second-order valence-electron chi connectivity index (χ2n) is 18.7. The Morgan fingerprint density at radius 3 is 2.06 bits per heavy atom. The van der Waals surface area contributed by atoms with Gasteiger partial charge in [0.05, 0.1) is 29.8 Å². The van der Waals surface area contributed by atoms with Crippen LogP contribution in [-0.4, -0.2) is 104 Å². The number of carbonyl (C=O) groups excluding carboxylic acids is 9. The second-order valence-corrected chi connectivity index (χ2v) is 18.7. The molecule has 0 spiro atoms. The summed E-state index contributed by atoms with van der Waals surface area (Å²) < 4.78 is 0. The maximum absolute atomic E-state index is 14.6. The fraction of sp³-hybridized carbons (Fsp3) is 0.667. The molecule has 3 saturated carbocycles. The molecule has 17 nitrogen and oxygen atoms in total. The summed E-state index contributed by atoms with van der Waals surface area (Å²) in [5.41, 5.74) is 4.12. The predicted molar refractivity (Wildman–Crippen MR) is 223 cm³/mol. The van der Waals surface area contributed by atoms with Gasteiger partial charge in [0.25, 0.3) is 11.8 Å². The summed E-state index contributed by atoms with van der Waals surface area (Å²) in [4.78, 5) is 139. The van der Waals surface area contributed by atoms with Gasteiger partial charge < -0.3 is 31.7 Å². The molecule has 0 radical (unpaired) electrons. The number of pyridine rings is 1. The summed E-state index contributed by atoms with van der Waals surface area (Å²) in [7, 11) is 0. The number of carboxylic acids is 1. The SMILES string of the molecule is CC(C)(C)[C@H](CC(=O)[C@H](CCC(=O)C(=O)NC1CC1)NC(=O)c1ccncc1C(=O)O)C(=O)N1CC(=O)C[C@H]1C(=O)C[C@H](C(=O)N[C@H](C(N)=O)C1CCCCC1)C1CCCCC1. The number of Topliss-reactive ketones (excluding diaryl/α,β-unsaturated/α-hetero) is 4. The number of amides is 5. The number of carboxylic acid groups (broad SMARTS) is 1. The van der Waals surface area contributed by atoms with E-state index in [2.05, 4.69) is 20.9 Å². The first kappa shape index (κ1) is 47.7. The van der Waals surface area contributed by atoms with Crippen molar-refractivity contribution >= 4 is 58.6 Å². The largest absolute Gasteiger partial charge is 0.478 e. The van der Waals surface area contributed by atoms with E-state index in [4.69, 9.17) is 5.73 Å². The van der Waals surface area contributed by atoms with Gasteiger partial charge in [-0.2, -0.15) is 0 Å². The molecule has 5 rings (SSSR count). The van der Waals surface area contributed by atoms with E-state index in [0.29, 0.717) is 12.8 Å². The van der Waals surface area contributed by atoms with Crippen molar-refractivity contribution in [1.29, 1.82) is 0 Å². The maximum Gasteiger partial charge on any atom is 0.338 e. The van der Waals surface area contributed by atoms with Gasteiger partial charge in [-0.3, -0.25) is 48.1 Å². The number of carbonyl (C=O) groups is 10. The number of hydrogen-bond donors (Lipinski definition) is 5. The monoisotopic (exact) mass is 862 g/mol. The third-order valence-electron chi connectivity index (χ3n) is 13.1. The van der Waals surface area contributed by atoms with Gasteiger partial charge in [-0.15, -0.1) is 0 Å². The van der Waals surface area contributed by atoms with Crippen LogP contribution in [0.4, 0.5) is 0 Å². The van der Waals surface area contributed by atoms with Crippen LogP contribution in [0.15, 0.2) is 18.5 Å². The minimum absolute atomic E-state index is 0.104. The number of nitrogens with two attached hydrogens (primary N) is 1. The molecule has 62 heavy (non-hydrogen) atoms. The molecule has 1 saturated heterocycles. The smallest absolute Gasteiger partial charge is 0.338 e. The average Bonchev–Trinajstić information content (AvgIpc) is 3.97. The van der Waals surface area contributed by atoms with Crippen LogP contribution in [0.25, 0.3) is 0 Å². The van der Waals surface area contributed by atoms with E-state index in [1.165, 1.54) is 11.1 Å². The maximum atomic E-state index is 14.6. The summed E-state index contributed by atoms with van der Waals surface area (Å²) >= 11 is 0. The molecule has 1 aromatic heterocycles. The van der Waals surface area contributed by atoms with E-state index < -0.39 is 113 Å². The highest BCUT2D eigenvalue weighted by Gasteiger charge is 2.46. The Morgan fingerprint density at radius 2 is 1.48 bits per heavy atom. The number of ketones is 4. The number of aromatic carboxylic acids is 1. The number of hydrogen-bond acceptors (Lipinski definition) is 11.